The Labute approximate surface area is 117 Å². The second-order valence-electron chi connectivity index (χ2n) is 4.21. The number of hydrazine groups is 1. The van der Waals surface area contributed by atoms with Gasteiger partial charge in [-0.3, -0.25) is 5.43 Å². The molecule has 1 aromatic heterocycles. The number of nitrogens with zero attached hydrogens (tertiary/aromatic N) is 3. The minimum atomic E-state index is -0.0187. The molecular formula is C11H20N6O3. The van der Waals surface area contributed by atoms with Crippen LogP contribution in [-0.4, -0.2) is 54.0 Å². The summed E-state index contributed by atoms with van der Waals surface area (Å²) in [7, 11) is 0. The molecule has 0 saturated carbocycles. The van der Waals surface area contributed by atoms with E-state index in [4.69, 9.17) is 20.1 Å². The van der Waals surface area contributed by atoms with Gasteiger partial charge in [0.2, 0.25) is 11.9 Å². The highest BCUT2D eigenvalue weighted by atomic mass is 16.6. The first-order chi connectivity index (χ1) is 9.81. The highest BCUT2D eigenvalue weighted by Gasteiger charge is 2.15. The van der Waals surface area contributed by atoms with Gasteiger partial charge in [-0.1, -0.05) is 6.92 Å². The zero-order valence-corrected chi connectivity index (χ0v) is 11.5. The number of hydrogen-bond donors (Lipinski definition) is 3. The van der Waals surface area contributed by atoms with E-state index in [1.807, 2.05) is 6.92 Å². The molecule has 1 atom stereocenters. The van der Waals surface area contributed by atoms with Crippen molar-refractivity contribution in [1.29, 1.82) is 0 Å². The molecule has 1 unspecified atom stereocenters. The van der Waals surface area contributed by atoms with Gasteiger partial charge in [0.1, 0.15) is 0 Å². The van der Waals surface area contributed by atoms with E-state index < -0.39 is 0 Å². The number of nitrogens with one attached hydrogen (secondary N) is 2. The van der Waals surface area contributed by atoms with Crippen molar-refractivity contribution in [3.63, 3.8) is 0 Å². The number of nitrogen functional groups attached to an aromatic ring is 1. The largest absolute Gasteiger partial charge is 0.463 e. The maximum absolute atomic E-state index is 5.52. The monoisotopic (exact) mass is 284 g/mol. The summed E-state index contributed by atoms with van der Waals surface area (Å²) in [5.41, 5.74) is 2.38. The fraction of sp³-hybridized carbons (Fsp3) is 0.727. The maximum Gasteiger partial charge on any atom is 0.323 e. The summed E-state index contributed by atoms with van der Waals surface area (Å²) >= 11 is 0. The molecule has 0 amide bonds. The van der Waals surface area contributed by atoms with E-state index in [-0.39, 0.29) is 18.1 Å². The number of aromatic nitrogens is 3. The zero-order chi connectivity index (χ0) is 14.2. The van der Waals surface area contributed by atoms with Gasteiger partial charge in [0.25, 0.3) is 0 Å². The first-order valence-corrected chi connectivity index (χ1v) is 6.60. The van der Waals surface area contributed by atoms with Crippen molar-refractivity contribution >= 4 is 11.9 Å². The Morgan fingerprint density at radius 3 is 2.85 bits per heavy atom. The van der Waals surface area contributed by atoms with Crippen LogP contribution in [0, 0.1) is 0 Å². The van der Waals surface area contributed by atoms with Crippen molar-refractivity contribution in [1.82, 2.24) is 15.0 Å². The maximum atomic E-state index is 5.52. The number of rotatable bonds is 7. The van der Waals surface area contributed by atoms with Gasteiger partial charge in [0.15, 0.2) is 0 Å². The van der Waals surface area contributed by atoms with Gasteiger partial charge < -0.3 is 19.5 Å². The first kappa shape index (κ1) is 14.7. The Kier molecular flexibility index (Phi) is 5.71. The summed E-state index contributed by atoms with van der Waals surface area (Å²) in [6, 6.07) is 0.234. The summed E-state index contributed by atoms with van der Waals surface area (Å²) in [5, 5.41) is 3.06. The molecule has 0 bridgehead atoms. The average molecular weight is 284 g/mol. The molecule has 4 N–H and O–H groups in total. The Morgan fingerprint density at radius 1 is 1.30 bits per heavy atom. The predicted octanol–water partition coefficient (Wildman–Crippen LogP) is -0.227. The molecular weight excluding hydrogens is 264 g/mol. The molecule has 9 nitrogen and oxygen atoms in total. The Bertz CT molecular complexity index is 413. The van der Waals surface area contributed by atoms with Crippen molar-refractivity contribution in [2.24, 2.45) is 5.84 Å². The van der Waals surface area contributed by atoms with E-state index in [2.05, 4.69) is 25.7 Å². The molecule has 0 aliphatic carbocycles. The Hall–Kier alpha value is -1.71. The van der Waals surface area contributed by atoms with E-state index in [1.54, 1.807) is 0 Å². The highest BCUT2D eigenvalue weighted by molar-refractivity contribution is 5.34. The van der Waals surface area contributed by atoms with Crippen LogP contribution in [0.4, 0.5) is 11.9 Å². The van der Waals surface area contributed by atoms with E-state index in [0.29, 0.717) is 38.9 Å². The van der Waals surface area contributed by atoms with Crippen LogP contribution in [0.1, 0.15) is 13.3 Å². The lowest BCUT2D eigenvalue weighted by Gasteiger charge is -2.23. The molecule has 1 fully saturated rings. The van der Waals surface area contributed by atoms with Crippen LogP contribution in [0.2, 0.25) is 0 Å². The van der Waals surface area contributed by atoms with Gasteiger partial charge in [-0.15, -0.1) is 0 Å². The van der Waals surface area contributed by atoms with Crippen LogP contribution in [-0.2, 0) is 9.47 Å². The van der Waals surface area contributed by atoms with Crippen molar-refractivity contribution in [3.05, 3.63) is 0 Å². The van der Waals surface area contributed by atoms with Crippen LogP contribution in [0.15, 0.2) is 0 Å². The van der Waals surface area contributed by atoms with Crippen LogP contribution in [0.3, 0.4) is 0 Å². The van der Waals surface area contributed by atoms with Gasteiger partial charge >= 0.3 is 6.01 Å². The first-order valence-electron chi connectivity index (χ1n) is 6.60. The van der Waals surface area contributed by atoms with E-state index in [0.717, 1.165) is 6.42 Å². The number of anilines is 2. The van der Waals surface area contributed by atoms with Crippen LogP contribution in [0.5, 0.6) is 6.01 Å². The standard InChI is InChI=1S/C11H20N6O3/c1-2-3-20-11-15-9(14-10(16-11)17-12)13-6-8-7-18-4-5-19-8/h8H,2-7,12H2,1H3,(H2,13,14,15,16,17). The topological polar surface area (TPSA) is 116 Å². The second kappa shape index (κ2) is 7.78. The molecule has 0 aromatic carbocycles. The van der Waals surface area contributed by atoms with Crippen molar-refractivity contribution in [2.45, 2.75) is 19.4 Å². The average Bonchev–Trinajstić information content (AvgIpc) is 2.51. The van der Waals surface area contributed by atoms with Gasteiger partial charge in [-0.05, 0) is 6.42 Å². The highest BCUT2D eigenvalue weighted by Crippen LogP contribution is 2.11. The molecule has 20 heavy (non-hydrogen) atoms. The van der Waals surface area contributed by atoms with E-state index in [9.17, 15) is 0 Å². The third kappa shape index (κ3) is 4.44. The molecule has 1 aromatic rings. The van der Waals surface area contributed by atoms with Crippen molar-refractivity contribution < 1.29 is 14.2 Å². The second-order valence-corrected chi connectivity index (χ2v) is 4.21. The minimum absolute atomic E-state index is 0.0187. The molecule has 1 aliphatic heterocycles. The molecule has 112 valence electrons. The fourth-order valence-electron chi connectivity index (χ4n) is 1.62. The number of hydrogen-bond acceptors (Lipinski definition) is 9. The Morgan fingerprint density at radius 2 is 2.15 bits per heavy atom. The molecule has 1 aliphatic rings. The molecule has 2 heterocycles. The summed E-state index contributed by atoms with van der Waals surface area (Å²) in [4.78, 5) is 12.3. The van der Waals surface area contributed by atoms with E-state index >= 15 is 0 Å². The molecule has 2 rings (SSSR count). The fourth-order valence-corrected chi connectivity index (χ4v) is 1.62. The number of ether oxygens (including phenoxy) is 3. The molecule has 9 heteroatoms. The van der Waals surface area contributed by atoms with Gasteiger partial charge in [-0.25, -0.2) is 5.84 Å². The van der Waals surface area contributed by atoms with Gasteiger partial charge in [0.05, 0.1) is 32.5 Å². The number of nitrogens with two attached hydrogens (primary N) is 1. The third-order valence-electron chi connectivity index (χ3n) is 2.55. The summed E-state index contributed by atoms with van der Waals surface area (Å²) in [5.74, 6) is 5.95. The summed E-state index contributed by atoms with van der Waals surface area (Å²) < 4.78 is 16.2. The summed E-state index contributed by atoms with van der Waals surface area (Å²) in [6.07, 6.45) is 0.849. The quantitative estimate of drug-likeness (QED) is 0.461. The van der Waals surface area contributed by atoms with Gasteiger partial charge in [0, 0.05) is 6.54 Å². The Balaban J connectivity index is 1.94. The SMILES string of the molecule is CCCOc1nc(NN)nc(NCC2COCCO2)n1. The lowest BCUT2D eigenvalue weighted by molar-refractivity contribution is -0.0819. The van der Waals surface area contributed by atoms with E-state index in [1.165, 1.54) is 0 Å². The smallest absolute Gasteiger partial charge is 0.323 e. The van der Waals surface area contributed by atoms with Gasteiger partial charge in [-0.2, -0.15) is 15.0 Å². The van der Waals surface area contributed by atoms with Crippen LogP contribution < -0.4 is 21.3 Å². The summed E-state index contributed by atoms with van der Waals surface area (Å²) in [6.45, 7) is 4.87. The third-order valence-corrected chi connectivity index (χ3v) is 2.55. The normalized spacial score (nSPS) is 18.6. The molecule has 1 saturated heterocycles. The zero-order valence-electron chi connectivity index (χ0n) is 11.5. The lowest BCUT2D eigenvalue weighted by atomic mass is 10.3. The van der Waals surface area contributed by atoms with Crippen molar-refractivity contribution in [2.75, 3.05) is 43.7 Å². The van der Waals surface area contributed by atoms with Crippen LogP contribution in [0.25, 0.3) is 0 Å². The molecule has 0 spiro atoms. The van der Waals surface area contributed by atoms with Crippen LogP contribution >= 0.6 is 0 Å². The lowest BCUT2D eigenvalue weighted by Crippen LogP contribution is -2.34. The predicted molar refractivity (Wildman–Crippen MR) is 72.5 cm³/mol. The molecule has 0 radical (unpaired) electrons. The van der Waals surface area contributed by atoms with Crippen molar-refractivity contribution in [3.8, 4) is 6.01 Å². The minimum Gasteiger partial charge on any atom is -0.463 e.